The highest BCUT2D eigenvalue weighted by Gasteiger charge is 2.46. The van der Waals surface area contributed by atoms with Crippen LogP contribution in [0, 0.1) is 5.82 Å². The highest BCUT2D eigenvalue weighted by molar-refractivity contribution is 5.94. The Labute approximate surface area is 138 Å². The van der Waals surface area contributed by atoms with E-state index in [4.69, 9.17) is 4.74 Å². The number of aliphatic hydroxyl groups excluding tert-OH is 1. The van der Waals surface area contributed by atoms with Gasteiger partial charge < -0.3 is 20.5 Å². The number of para-hydroxylation sites is 2. The molecule has 0 bridgehead atoms. The number of amides is 1. The first-order chi connectivity index (χ1) is 11.6. The molecule has 1 aliphatic carbocycles. The molecule has 1 aliphatic heterocycles. The number of fused-ring (bicyclic) bond motifs is 2. The van der Waals surface area contributed by atoms with Gasteiger partial charge in [-0.1, -0.05) is 18.2 Å². The van der Waals surface area contributed by atoms with E-state index in [0.717, 1.165) is 11.4 Å². The zero-order valence-corrected chi connectivity index (χ0v) is 12.8. The maximum Gasteiger partial charge on any atom is 0.251 e. The van der Waals surface area contributed by atoms with E-state index in [1.807, 2.05) is 24.3 Å². The monoisotopic (exact) mass is 328 g/mol. The summed E-state index contributed by atoms with van der Waals surface area (Å²) in [5.74, 6) is -0.137. The van der Waals surface area contributed by atoms with Gasteiger partial charge in [0.25, 0.3) is 5.91 Å². The predicted octanol–water partition coefficient (Wildman–Crippen LogP) is 1.93. The van der Waals surface area contributed by atoms with E-state index >= 15 is 0 Å². The van der Waals surface area contributed by atoms with Crippen LogP contribution in [0.25, 0.3) is 0 Å². The minimum absolute atomic E-state index is 0.229. The van der Waals surface area contributed by atoms with E-state index in [9.17, 15) is 14.3 Å². The number of halogens is 1. The van der Waals surface area contributed by atoms with Crippen LogP contribution in [-0.4, -0.2) is 35.3 Å². The molecule has 1 saturated carbocycles. The van der Waals surface area contributed by atoms with Gasteiger partial charge in [0, 0.05) is 12.0 Å². The first-order valence-electron chi connectivity index (χ1n) is 7.88. The third-order valence-electron chi connectivity index (χ3n) is 4.56. The number of ether oxygens (including phenoxy) is 1. The fourth-order valence-electron chi connectivity index (χ4n) is 3.36. The van der Waals surface area contributed by atoms with Crippen LogP contribution in [0.2, 0.25) is 0 Å². The normalized spacial score (nSPS) is 27.4. The molecule has 0 spiro atoms. The Morgan fingerprint density at radius 1 is 1.25 bits per heavy atom. The summed E-state index contributed by atoms with van der Waals surface area (Å²) in [6, 6.07) is 12.2. The third kappa shape index (κ3) is 2.59. The van der Waals surface area contributed by atoms with Crippen molar-refractivity contribution in [1.82, 2.24) is 5.32 Å². The predicted molar refractivity (Wildman–Crippen MR) is 86.5 cm³/mol. The second kappa shape index (κ2) is 5.79. The summed E-state index contributed by atoms with van der Waals surface area (Å²) >= 11 is 0. The summed E-state index contributed by atoms with van der Waals surface area (Å²) in [7, 11) is 0. The molecule has 0 saturated heterocycles. The smallest absolute Gasteiger partial charge is 0.251 e. The van der Waals surface area contributed by atoms with Crippen LogP contribution in [0.4, 0.5) is 10.1 Å². The average Bonchev–Trinajstić information content (AvgIpc) is 2.88. The lowest BCUT2D eigenvalue weighted by atomic mass is 10.1. The molecule has 24 heavy (non-hydrogen) atoms. The Balaban J connectivity index is 1.48. The van der Waals surface area contributed by atoms with Crippen molar-refractivity contribution >= 4 is 11.6 Å². The Morgan fingerprint density at radius 2 is 2.08 bits per heavy atom. The summed E-state index contributed by atoms with van der Waals surface area (Å²) in [5, 5.41) is 16.6. The van der Waals surface area contributed by atoms with E-state index < -0.39 is 23.9 Å². The average molecular weight is 328 g/mol. The second-order valence-electron chi connectivity index (χ2n) is 6.14. The van der Waals surface area contributed by atoms with E-state index in [2.05, 4.69) is 10.6 Å². The molecule has 0 unspecified atom stereocenters. The number of carbonyl (C=O) groups is 1. The second-order valence-corrected chi connectivity index (χ2v) is 6.14. The number of anilines is 1. The molecule has 5 nitrogen and oxygen atoms in total. The van der Waals surface area contributed by atoms with Crippen LogP contribution in [0.5, 0.6) is 5.75 Å². The summed E-state index contributed by atoms with van der Waals surface area (Å²) < 4.78 is 19.2. The van der Waals surface area contributed by atoms with Gasteiger partial charge in [0.05, 0.1) is 23.9 Å². The van der Waals surface area contributed by atoms with Gasteiger partial charge in [0.15, 0.2) is 0 Å². The Morgan fingerprint density at radius 3 is 2.92 bits per heavy atom. The van der Waals surface area contributed by atoms with Crippen molar-refractivity contribution in [3.05, 3.63) is 59.9 Å². The summed E-state index contributed by atoms with van der Waals surface area (Å²) in [6.07, 6.45) is -0.539. The number of rotatable bonds is 2. The van der Waals surface area contributed by atoms with E-state index in [-0.39, 0.29) is 17.7 Å². The van der Waals surface area contributed by atoms with Gasteiger partial charge in [-0.2, -0.15) is 0 Å². The number of hydrogen-bond donors (Lipinski definition) is 3. The Bertz CT molecular complexity index is 782. The van der Waals surface area contributed by atoms with Gasteiger partial charge in [0.1, 0.15) is 17.7 Å². The highest BCUT2D eigenvalue weighted by Crippen LogP contribution is 2.37. The molecule has 2 aromatic rings. The van der Waals surface area contributed by atoms with Crippen molar-refractivity contribution < 1.29 is 19.0 Å². The van der Waals surface area contributed by atoms with Gasteiger partial charge in [-0.3, -0.25) is 4.79 Å². The molecule has 0 aromatic heterocycles. The molecule has 4 atom stereocenters. The largest absolute Gasteiger partial charge is 0.486 e. The highest BCUT2D eigenvalue weighted by atomic mass is 19.1. The van der Waals surface area contributed by atoms with E-state index in [1.54, 1.807) is 0 Å². The summed E-state index contributed by atoms with van der Waals surface area (Å²) in [4.78, 5) is 12.3. The SMILES string of the molecule is O=C(N[C@@H]1C[C@H]2Oc3ccccc3N[C@H]2[C@@H]1O)c1cccc(F)c1. The number of nitrogens with one attached hydrogen (secondary N) is 2. The number of aliphatic hydroxyl groups is 1. The lowest BCUT2D eigenvalue weighted by Crippen LogP contribution is -2.47. The van der Waals surface area contributed by atoms with Crippen LogP contribution < -0.4 is 15.4 Å². The fraction of sp³-hybridized carbons (Fsp3) is 0.278. The van der Waals surface area contributed by atoms with Gasteiger partial charge in [-0.15, -0.1) is 0 Å². The zero-order valence-electron chi connectivity index (χ0n) is 12.8. The molecular formula is C18H17FN2O3. The Kier molecular flexibility index (Phi) is 3.61. The van der Waals surface area contributed by atoms with Crippen molar-refractivity contribution in [2.24, 2.45) is 0 Å². The standard InChI is InChI=1S/C18H17FN2O3/c19-11-5-3-4-10(8-11)18(23)21-13-9-15-16(17(13)22)20-12-6-1-2-7-14(12)24-15/h1-8,13,15-17,20,22H,9H2,(H,21,23)/t13-,15-,16-,17-/m1/s1. The van der Waals surface area contributed by atoms with Crippen LogP contribution >= 0.6 is 0 Å². The lowest BCUT2D eigenvalue weighted by molar-refractivity contribution is 0.0852. The fourth-order valence-corrected chi connectivity index (χ4v) is 3.36. The molecule has 3 N–H and O–H groups in total. The van der Waals surface area contributed by atoms with Crippen molar-refractivity contribution in [3.63, 3.8) is 0 Å². The van der Waals surface area contributed by atoms with E-state index in [0.29, 0.717) is 6.42 Å². The third-order valence-corrected chi connectivity index (χ3v) is 4.56. The lowest BCUT2D eigenvalue weighted by Gasteiger charge is -2.31. The molecule has 4 rings (SSSR count). The van der Waals surface area contributed by atoms with Crippen molar-refractivity contribution in [2.75, 3.05) is 5.32 Å². The molecular weight excluding hydrogens is 311 g/mol. The summed E-state index contributed by atoms with van der Waals surface area (Å²) in [5.41, 5.74) is 1.06. The van der Waals surface area contributed by atoms with E-state index in [1.165, 1.54) is 24.3 Å². The van der Waals surface area contributed by atoms with Crippen LogP contribution in [0.3, 0.4) is 0 Å². The number of carbonyl (C=O) groups excluding carboxylic acids is 1. The quantitative estimate of drug-likeness (QED) is 0.788. The molecule has 1 amide bonds. The molecule has 0 radical (unpaired) electrons. The van der Waals surface area contributed by atoms with Gasteiger partial charge in [0.2, 0.25) is 0 Å². The molecule has 2 aliphatic rings. The topological polar surface area (TPSA) is 70.6 Å². The molecule has 6 heteroatoms. The van der Waals surface area contributed by atoms with Crippen molar-refractivity contribution in [1.29, 1.82) is 0 Å². The minimum atomic E-state index is -0.791. The van der Waals surface area contributed by atoms with Crippen molar-refractivity contribution in [2.45, 2.75) is 30.7 Å². The molecule has 124 valence electrons. The number of hydrogen-bond acceptors (Lipinski definition) is 4. The van der Waals surface area contributed by atoms with Gasteiger partial charge in [-0.25, -0.2) is 4.39 Å². The maximum absolute atomic E-state index is 13.3. The van der Waals surface area contributed by atoms with Gasteiger partial charge in [-0.05, 0) is 30.3 Å². The molecule has 1 fully saturated rings. The summed E-state index contributed by atoms with van der Waals surface area (Å²) in [6.45, 7) is 0. The first-order valence-corrected chi connectivity index (χ1v) is 7.88. The van der Waals surface area contributed by atoms with Crippen LogP contribution in [-0.2, 0) is 0 Å². The van der Waals surface area contributed by atoms with Crippen LogP contribution in [0.15, 0.2) is 48.5 Å². The maximum atomic E-state index is 13.3. The minimum Gasteiger partial charge on any atom is -0.486 e. The molecule has 1 heterocycles. The Hall–Kier alpha value is -2.60. The number of benzene rings is 2. The van der Waals surface area contributed by atoms with Crippen LogP contribution in [0.1, 0.15) is 16.8 Å². The zero-order chi connectivity index (χ0) is 16.7. The van der Waals surface area contributed by atoms with Gasteiger partial charge >= 0.3 is 0 Å². The first kappa shape index (κ1) is 15.0. The van der Waals surface area contributed by atoms with Crippen molar-refractivity contribution in [3.8, 4) is 5.75 Å². The molecule has 2 aromatic carbocycles.